The molecule has 2 nitrogen and oxygen atoms in total. The van der Waals surface area contributed by atoms with E-state index in [1.54, 1.807) is 0 Å². The largest absolute Gasteiger partial charge is 0.314 e. The van der Waals surface area contributed by atoms with Gasteiger partial charge in [-0.2, -0.15) is 5.26 Å². The molecule has 2 rings (SSSR count). The SMILES string of the molecule is CCCCCCCCC(C#N)CP(=O)(c1ccccc1)c1ccccc1. The lowest BCUT2D eigenvalue weighted by molar-refractivity contribution is 0.540. The van der Waals surface area contributed by atoms with Gasteiger partial charge in [-0.25, -0.2) is 0 Å². The summed E-state index contributed by atoms with van der Waals surface area (Å²) in [5.74, 6) is -0.160. The molecule has 0 aliphatic carbocycles. The minimum Gasteiger partial charge on any atom is -0.314 e. The Hall–Kier alpha value is -1.84. The van der Waals surface area contributed by atoms with Gasteiger partial charge in [0.1, 0.15) is 7.14 Å². The van der Waals surface area contributed by atoms with Gasteiger partial charge in [0.2, 0.25) is 0 Å². The van der Waals surface area contributed by atoms with Gasteiger partial charge in [0.25, 0.3) is 0 Å². The molecule has 0 aliphatic rings. The van der Waals surface area contributed by atoms with Crippen molar-refractivity contribution in [2.75, 3.05) is 6.16 Å². The molecule has 3 heteroatoms. The van der Waals surface area contributed by atoms with E-state index in [4.69, 9.17) is 0 Å². The molecule has 138 valence electrons. The molecular formula is C23H30NOP. The Bertz CT molecular complexity index is 677. The second kappa shape index (κ2) is 11.0. The lowest BCUT2D eigenvalue weighted by atomic mass is 10.0. The molecule has 0 saturated heterocycles. The first kappa shape index (κ1) is 20.5. The Labute approximate surface area is 158 Å². The van der Waals surface area contributed by atoms with Crippen molar-refractivity contribution in [3.63, 3.8) is 0 Å². The van der Waals surface area contributed by atoms with Crippen molar-refractivity contribution in [1.29, 1.82) is 5.26 Å². The first-order chi connectivity index (χ1) is 12.7. The molecule has 1 unspecified atom stereocenters. The van der Waals surface area contributed by atoms with Gasteiger partial charge in [-0.3, -0.25) is 0 Å². The standard InChI is InChI=1S/C23H30NOP/c1-2-3-4-5-6-9-14-21(19-24)20-26(25,22-15-10-7-11-16-22)23-17-12-8-13-18-23/h7-8,10-13,15-18,21H,2-6,9,14,20H2,1H3. The van der Waals surface area contributed by atoms with Crippen LogP contribution in [-0.4, -0.2) is 6.16 Å². The zero-order valence-corrected chi connectivity index (χ0v) is 16.7. The van der Waals surface area contributed by atoms with Crippen LogP contribution in [0.3, 0.4) is 0 Å². The zero-order valence-electron chi connectivity index (χ0n) is 15.8. The summed E-state index contributed by atoms with van der Waals surface area (Å²) >= 11 is 0. The highest BCUT2D eigenvalue weighted by molar-refractivity contribution is 7.78. The number of hydrogen-bond acceptors (Lipinski definition) is 2. The normalized spacial score (nSPS) is 12.5. The van der Waals surface area contributed by atoms with E-state index in [0.717, 1.165) is 23.5 Å². The second-order valence-electron chi connectivity index (χ2n) is 6.98. The maximum atomic E-state index is 14.0. The predicted octanol–water partition coefficient (Wildman–Crippen LogP) is 5.89. The van der Waals surface area contributed by atoms with Crippen LogP contribution in [0.5, 0.6) is 0 Å². The van der Waals surface area contributed by atoms with Gasteiger partial charge in [0, 0.05) is 16.8 Å². The number of nitrogens with zero attached hydrogens (tertiary/aromatic N) is 1. The van der Waals surface area contributed by atoms with E-state index in [9.17, 15) is 9.83 Å². The highest BCUT2D eigenvalue weighted by Gasteiger charge is 2.30. The lowest BCUT2D eigenvalue weighted by Crippen LogP contribution is -2.22. The van der Waals surface area contributed by atoms with E-state index in [-0.39, 0.29) is 5.92 Å². The molecule has 0 aliphatic heterocycles. The average Bonchev–Trinajstić information content (AvgIpc) is 2.71. The lowest BCUT2D eigenvalue weighted by Gasteiger charge is -2.22. The maximum absolute atomic E-state index is 14.0. The van der Waals surface area contributed by atoms with E-state index in [1.165, 1.54) is 32.1 Å². The third kappa shape index (κ3) is 5.86. The molecule has 1 atom stereocenters. The molecule has 26 heavy (non-hydrogen) atoms. The van der Waals surface area contributed by atoms with Crippen molar-refractivity contribution >= 4 is 17.8 Å². The fraction of sp³-hybridized carbons (Fsp3) is 0.435. The molecule has 0 amide bonds. The van der Waals surface area contributed by atoms with Gasteiger partial charge >= 0.3 is 0 Å². The quantitative estimate of drug-likeness (QED) is 0.367. The van der Waals surface area contributed by atoms with E-state index in [1.807, 2.05) is 60.7 Å². The molecule has 0 aromatic heterocycles. The summed E-state index contributed by atoms with van der Waals surface area (Å²) in [6.07, 6.45) is 8.54. The highest BCUT2D eigenvalue weighted by Crippen LogP contribution is 2.45. The van der Waals surface area contributed by atoms with Crippen LogP contribution in [0.25, 0.3) is 0 Å². The van der Waals surface area contributed by atoms with Crippen LogP contribution < -0.4 is 10.6 Å². The summed E-state index contributed by atoms with van der Waals surface area (Å²) in [6, 6.07) is 21.8. The summed E-state index contributed by atoms with van der Waals surface area (Å²) < 4.78 is 14.0. The van der Waals surface area contributed by atoms with Crippen LogP contribution >= 0.6 is 7.14 Å². The molecule has 0 N–H and O–H groups in total. The van der Waals surface area contributed by atoms with Crippen molar-refractivity contribution in [1.82, 2.24) is 0 Å². The summed E-state index contributed by atoms with van der Waals surface area (Å²) in [4.78, 5) is 0. The van der Waals surface area contributed by atoms with Crippen LogP contribution in [-0.2, 0) is 4.57 Å². The predicted molar refractivity (Wildman–Crippen MR) is 112 cm³/mol. The molecule has 2 aromatic rings. The van der Waals surface area contributed by atoms with Crippen LogP contribution in [0, 0.1) is 17.2 Å². The third-order valence-corrected chi connectivity index (χ3v) is 8.13. The molecule has 0 radical (unpaired) electrons. The minimum absolute atomic E-state index is 0.160. The van der Waals surface area contributed by atoms with E-state index < -0.39 is 7.14 Å². The molecule has 0 spiro atoms. The molecular weight excluding hydrogens is 337 g/mol. The molecule has 0 fully saturated rings. The monoisotopic (exact) mass is 367 g/mol. The Morgan fingerprint density at radius 1 is 0.846 bits per heavy atom. The fourth-order valence-electron chi connectivity index (χ4n) is 3.38. The molecule has 0 heterocycles. The number of benzene rings is 2. The van der Waals surface area contributed by atoms with Crippen LogP contribution in [0.1, 0.15) is 51.9 Å². The maximum Gasteiger partial charge on any atom is 0.144 e. The molecule has 0 saturated carbocycles. The second-order valence-corrected chi connectivity index (χ2v) is 9.85. The zero-order chi connectivity index (χ0) is 18.7. The van der Waals surface area contributed by atoms with Gasteiger partial charge < -0.3 is 4.57 Å². The van der Waals surface area contributed by atoms with Crippen LogP contribution in [0.15, 0.2) is 60.7 Å². The smallest absolute Gasteiger partial charge is 0.144 e. The number of hydrogen-bond donors (Lipinski definition) is 0. The van der Waals surface area contributed by atoms with Gasteiger partial charge in [-0.15, -0.1) is 0 Å². The summed E-state index contributed by atoms with van der Waals surface area (Å²) in [7, 11) is -2.79. The molecule has 0 bridgehead atoms. The number of nitriles is 1. The minimum atomic E-state index is -2.79. The van der Waals surface area contributed by atoms with Gasteiger partial charge in [-0.1, -0.05) is 106 Å². The summed E-state index contributed by atoms with van der Waals surface area (Å²) in [6.45, 7) is 2.22. The Morgan fingerprint density at radius 3 is 1.85 bits per heavy atom. The van der Waals surface area contributed by atoms with Crippen molar-refractivity contribution in [3.8, 4) is 6.07 Å². The topological polar surface area (TPSA) is 40.9 Å². The average molecular weight is 367 g/mol. The van der Waals surface area contributed by atoms with E-state index >= 15 is 0 Å². The summed E-state index contributed by atoms with van der Waals surface area (Å²) in [5.41, 5.74) is 0. The Kier molecular flexibility index (Phi) is 8.66. The van der Waals surface area contributed by atoms with Gasteiger partial charge in [-0.05, 0) is 6.42 Å². The van der Waals surface area contributed by atoms with Crippen LogP contribution in [0.4, 0.5) is 0 Å². The van der Waals surface area contributed by atoms with E-state index in [0.29, 0.717) is 6.16 Å². The van der Waals surface area contributed by atoms with Crippen molar-refractivity contribution < 1.29 is 4.57 Å². The van der Waals surface area contributed by atoms with Crippen molar-refractivity contribution in [2.45, 2.75) is 51.9 Å². The first-order valence-corrected chi connectivity index (χ1v) is 11.7. The highest BCUT2D eigenvalue weighted by atomic mass is 31.2. The van der Waals surface area contributed by atoms with E-state index in [2.05, 4.69) is 13.0 Å². The fourth-order valence-corrected chi connectivity index (χ4v) is 6.29. The third-order valence-electron chi connectivity index (χ3n) is 4.91. The van der Waals surface area contributed by atoms with Gasteiger partial charge in [0.05, 0.1) is 12.0 Å². The van der Waals surface area contributed by atoms with Crippen molar-refractivity contribution in [3.05, 3.63) is 60.7 Å². The van der Waals surface area contributed by atoms with Crippen molar-refractivity contribution in [2.24, 2.45) is 5.92 Å². The summed E-state index contributed by atoms with van der Waals surface area (Å²) in [5, 5.41) is 11.4. The number of rotatable bonds is 11. The Balaban J connectivity index is 2.09. The number of unbranched alkanes of at least 4 members (excludes halogenated alkanes) is 5. The first-order valence-electron chi connectivity index (χ1n) is 9.80. The molecule has 2 aromatic carbocycles. The van der Waals surface area contributed by atoms with Crippen LogP contribution in [0.2, 0.25) is 0 Å². The Morgan fingerprint density at radius 2 is 1.35 bits per heavy atom. The van der Waals surface area contributed by atoms with Gasteiger partial charge in [0.15, 0.2) is 0 Å².